The Labute approximate surface area is 115 Å². The molecule has 4 nitrogen and oxygen atoms in total. The third-order valence-electron chi connectivity index (χ3n) is 3.82. The predicted molar refractivity (Wildman–Crippen MR) is 78.0 cm³/mol. The van der Waals surface area contributed by atoms with Crippen molar-refractivity contribution in [3.8, 4) is 0 Å². The van der Waals surface area contributed by atoms with Crippen molar-refractivity contribution in [2.45, 2.75) is 36.6 Å². The number of anilines is 1. The van der Waals surface area contributed by atoms with Crippen molar-refractivity contribution in [1.82, 2.24) is 0 Å². The summed E-state index contributed by atoms with van der Waals surface area (Å²) in [7, 11) is -3.11. The lowest BCUT2D eigenvalue weighted by Crippen LogP contribution is -2.37. The van der Waals surface area contributed by atoms with Crippen LogP contribution in [0.1, 0.15) is 25.7 Å². The quantitative estimate of drug-likeness (QED) is 0.886. The third kappa shape index (κ3) is 3.94. The molecule has 1 aromatic rings. The van der Waals surface area contributed by atoms with E-state index < -0.39 is 9.84 Å². The second kappa shape index (κ2) is 5.92. The second-order valence-electron chi connectivity index (χ2n) is 5.39. The van der Waals surface area contributed by atoms with Crippen molar-refractivity contribution in [2.75, 3.05) is 18.1 Å². The van der Waals surface area contributed by atoms with Gasteiger partial charge in [-0.05, 0) is 43.0 Å². The van der Waals surface area contributed by atoms with Crippen LogP contribution in [0.3, 0.4) is 0 Å². The number of hydrogen-bond donors (Lipinski definition) is 2. The number of sulfone groups is 1. The predicted octanol–water partition coefficient (Wildman–Crippen LogP) is 2.02. The summed E-state index contributed by atoms with van der Waals surface area (Å²) in [6, 6.07) is 7.18. The molecule has 1 aliphatic carbocycles. The highest BCUT2D eigenvalue weighted by Crippen LogP contribution is 2.23. The highest BCUT2D eigenvalue weighted by molar-refractivity contribution is 7.90. The van der Waals surface area contributed by atoms with Crippen LogP contribution < -0.4 is 11.1 Å². The first-order valence-corrected chi connectivity index (χ1v) is 8.65. The highest BCUT2D eigenvalue weighted by atomic mass is 32.2. The minimum Gasteiger partial charge on any atom is -0.385 e. The summed E-state index contributed by atoms with van der Waals surface area (Å²) >= 11 is 0. The average molecular weight is 282 g/mol. The molecule has 1 saturated carbocycles. The van der Waals surface area contributed by atoms with Gasteiger partial charge in [-0.3, -0.25) is 0 Å². The maximum absolute atomic E-state index is 11.4. The Morgan fingerprint density at radius 3 is 2.42 bits per heavy atom. The van der Waals surface area contributed by atoms with Gasteiger partial charge in [-0.25, -0.2) is 8.42 Å². The largest absolute Gasteiger partial charge is 0.385 e. The Balaban J connectivity index is 1.93. The summed E-state index contributed by atoms with van der Waals surface area (Å²) < 4.78 is 22.7. The van der Waals surface area contributed by atoms with Gasteiger partial charge in [-0.2, -0.15) is 0 Å². The van der Waals surface area contributed by atoms with Crippen molar-refractivity contribution >= 4 is 15.5 Å². The molecule has 2 rings (SSSR count). The van der Waals surface area contributed by atoms with E-state index in [0.29, 0.717) is 10.8 Å². The van der Waals surface area contributed by atoms with Crippen LogP contribution in [0.5, 0.6) is 0 Å². The van der Waals surface area contributed by atoms with Crippen LogP contribution in [-0.2, 0) is 9.84 Å². The fourth-order valence-corrected chi connectivity index (χ4v) is 3.19. The first kappa shape index (κ1) is 14.3. The fraction of sp³-hybridized carbons (Fsp3) is 0.571. The Hall–Kier alpha value is -1.07. The average Bonchev–Trinajstić information content (AvgIpc) is 2.37. The second-order valence-corrected chi connectivity index (χ2v) is 7.40. The standard InChI is InChI=1S/C14H22N2O2S/c1-19(17,18)13-8-6-12(7-9-13)16-10-11-4-2-3-5-14(11)15/h6-9,11,14,16H,2-5,10,15H2,1H3. The van der Waals surface area contributed by atoms with Gasteiger partial charge in [0, 0.05) is 24.5 Å². The van der Waals surface area contributed by atoms with E-state index in [1.807, 2.05) is 12.1 Å². The molecule has 2 unspecified atom stereocenters. The third-order valence-corrected chi connectivity index (χ3v) is 4.95. The van der Waals surface area contributed by atoms with Gasteiger partial charge in [-0.1, -0.05) is 12.8 Å². The van der Waals surface area contributed by atoms with Gasteiger partial charge in [0.1, 0.15) is 0 Å². The summed E-state index contributed by atoms with van der Waals surface area (Å²) in [4.78, 5) is 0.354. The van der Waals surface area contributed by atoms with Crippen LogP contribution in [0, 0.1) is 5.92 Å². The van der Waals surface area contributed by atoms with Crippen molar-refractivity contribution < 1.29 is 8.42 Å². The van der Waals surface area contributed by atoms with Crippen molar-refractivity contribution in [3.63, 3.8) is 0 Å². The van der Waals surface area contributed by atoms with E-state index >= 15 is 0 Å². The molecule has 0 saturated heterocycles. The van der Waals surface area contributed by atoms with Crippen LogP contribution in [0.15, 0.2) is 29.2 Å². The Kier molecular flexibility index (Phi) is 4.47. The van der Waals surface area contributed by atoms with Gasteiger partial charge in [0.2, 0.25) is 0 Å². The maximum Gasteiger partial charge on any atom is 0.175 e. The summed E-state index contributed by atoms with van der Waals surface area (Å²) in [5.41, 5.74) is 7.05. The van der Waals surface area contributed by atoms with Gasteiger partial charge < -0.3 is 11.1 Å². The molecule has 0 amide bonds. The number of nitrogens with one attached hydrogen (secondary N) is 1. The van der Waals surface area contributed by atoms with E-state index in [4.69, 9.17) is 5.73 Å². The normalized spacial score (nSPS) is 24.1. The first-order chi connectivity index (χ1) is 8.97. The van der Waals surface area contributed by atoms with E-state index in [9.17, 15) is 8.42 Å². The topological polar surface area (TPSA) is 72.2 Å². The number of hydrogen-bond acceptors (Lipinski definition) is 4. The first-order valence-electron chi connectivity index (χ1n) is 6.76. The van der Waals surface area contributed by atoms with Crippen LogP contribution in [0.2, 0.25) is 0 Å². The fourth-order valence-electron chi connectivity index (χ4n) is 2.56. The van der Waals surface area contributed by atoms with Crippen molar-refractivity contribution in [2.24, 2.45) is 11.7 Å². The lowest BCUT2D eigenvalue weighted by molar-refractivity contribution is 0.321. The summed E-state index contributed by atoms with van der Waals surface area (Å²) in [5, 5.41) is 3.35. The SMILES string of the molecule is CS(=O)(=O)c1ccc(NCC2CCCCC2N)cc1. The Bertz CT molecular complexity index is 511. The minimum absolute atomic E-state index is 0.288. The molecule has 0 aromatic heterocycles. The van der Waals surface area contributed by atoms with Gasteiger partial charge in [0.15, 0.2) is 9.84 Å². The van der Waals surface area contributed by atoms with Crippen LogP contribution in [-0.4, -0.2) is 27.3 Å². The molecule has 106 valence electrons. The van der Waals surface area contributed by atoms with Gasteiger partial charge >= 0.3 is 0 Å². The van der Waals surface area contributed by atoms with Crippen molar-refractivity contribution in [1.29, 1.82) is 0 Å². The molecule has 0 heterocycles. The zero-order valence-electron chi connectivity index (χ0n) is 11.3. The molecule has 1 aromatic carbocycles. The van der Waals surface area contributed by atoms with Crippen molar-refractivity contribution in [3.05, 3.63) is 24.3 Å². The molecule has 2 atom stereocenters. The molecule has 0 spiro atoms. The molecule has 1 aliphatic rings. The van der Waals surface area contributed by atoms with Crippen LogP contribution >= 0.6 is 0 Å². The summed E-state index contributed by atoms with van der Waals surface area (Å²) in [6.07, 6.45) is 6.00. The molecule has 3 N–H and O–H groups in total. The van der Waals surface area contributed by atoms with Crippen LogP contribution in [0.25, 0.3) is 0 Å². The lowest BCUT2D eigenvalue weighted by Gasteiger charge is -2.28. The minimum atomic E-state index is -3.11. The van der Waals surface area contributed by atoms with Gasteiger partial charge in [0.25, 0.3) is 0 Å². The van der Waals surface area contributed by atoms with E-state index in [-0.39, 0.29) is 6.04 Å². The summed E-state index contributed by atoms with van der Waals surface area (Å²) in [6.45, 7) is 0.861. The number of benzene rings is 1. The van der Waals surface area contributed by atoms with Gasteiger partial charge in [-0.15, -0.1) is 0 Å². The Morgan fingerprint density at radius 1 is 1.21 bits per heavy atom. The molecule has 5 heteroatoms. The zero-order valence-corrected chi connectivity index (χ0v) is 12.1. The number of rotatable bonds is 4. The molecule has 19 heavy (non-hydrogen) atoms. The van der Waals surface area contributed by atoms with E-state index in [1.54, 1.807) is 12.1 Å². The molecule has 0 bridgehead atoms. The van der Waals surface area contributed by atoms with Gasteiger partial charge in [0.05, 0.1) is 4.90 Å². The molecular formula is C14H22N2O2S. The monoisotopic (exact) mass is 282 g/mol. The van der Waals surface area contributed by atoms with E-state index in [1.165, 1.54) is 25.5 Å². The van der Waals surface area contributed by atoms with Crippen LogP contribution in [0.4, 0.5) is 5.69 Å². The molecular weight excluding hydrogens is 260 g/mol. The Morgan fingerprint density at radius 2 is 1.84 bits per heavy atom. The number of nitrogens with two attached hydrogens (primary N) is 1. The summed E-state index contributed by atoms with van der Waals surface area (Å²) in [5.74, 6) is 0.517. The molecule has 0 radical (unpaired) electrons. The molecule has 0 aliphatic heterocycles. The highest BCUT2D eigenvalue weighted by Gasteiger charge is 2.21. The maximum atomic E-state index is 11.4. The van der Waals surface area contributed by atoms with E-state index in [2.05, 4.69) is 5.32 Å². The smallest absolute Gasteiger partial charge is 0.175 e. The molecule has 1 fully saturated rings. The zero-order chi connectivity index (χ0) is 13.9. The van der Waals surface area contributed by atoms with E-state index in [0.717, 1.165) is 18.7 Å². The lowest BCUT2D eigenvalue weighted by atomic mass is 9.85.